The van der Waals surface area contributed by atoms with Gasteiger partial charge in [-0.15, -0.1) is 0 Å². The zero-order valence-electron chi connectivity index (χ0n) is 8.89. The lowest BCUT2D eigenvalue weighted by Gasteiger charge is -2.14. The lowest BCUT2D eigenvalue weighted by molar-refractivity contribution is 0.812. The minimum atomic E-state index is 0.944. The maximum Gasteiger partial charge on any atom is 0.0363 e. The van der Waals surface area contributed by atoms with Crippen molar-refractivity contribution in [1.29, 1.82) is 0 Å². The minimum absolute atomic E-state index is 0.944. The molecule has 1 aromatic carbocycles. The molecule has 1 N–H and O–H groups in total. The van der Waals surface area contributed by atoms with Crippen LogP contribution in [0.25, 0.3) is 0 Å². The third-order valence-corrected chi connectivity index (χ3v) is 2.21. The molecule has 0 aromatic heterocycles. The molecular formula is C11H18N2. The third-order valence-electron chi connectivity index (χ3n) is 2.21. The van der Waals surface area contributed by atoms with Crippen LogP contribution < -0.4 is 10.2 Å². The van der Waals surface area contributed by atoms with Crippen molar-refractivity contribution in [1.82, 2.24) is 5.32 Å². The van der Waals surface area contributed by atoms with Crippen molar-refractivity contribution in [2.75, 3.05) is 26.0 Å². The van der Waals surface area contributed by atoms with E-state index in [-0.39, 0.29) is 0 Å². The Morgan fingerprint density at radius 2 is 2.00 bits per heavy atom. The van der Waals surface area contributed by atoms with E-state index < -0.39 is 0 Å². The van der Waals surface area contributed by atoms with Gasteiger partial charge in [-0.25, -0.2) is 0 Å². The van der Waals surface area contributed by atoms with E-state index in [4.69, 9.17) is 0 Å². The second-order valence-electron chi connectivity index (χ2n) is 3.54. The van der Waals surface area contributed by atoms with Gasteiger partial charge in [0.25, 0.3) is 0 Å². The van der Waals surface area contributed by atoms with Crippen molar-refractivity contribution >= 4 is 5.69 Å². The Morgan fingerprint density at radius 3 is 2.46 bits per heavy atom. The molecule has 2 heteroatoms. The summed E-state index contributed by atoms with van der Waals surface area (Å²) in [6.45, 7) is 3.10. The smallest absolute Gasteiger partial charge is 0.0363 e. The number of benzene rings is 1. The molecule has 0 aliphatic heterocycles. The van der Waals surface area contributed by atoms with Gasteiger partial charge in [-0.2, -0.15) is 0 Å². The normalized spacial score (nSPS) is 10.2. The zero-order chi connectivity index (χ0) is 9.84. The Morgan fingerprint density at radius 1 is 1.31 bits per heavy atom. The predicted molar refractivity (Wildman–Crippen MR) is 58.3 cm³/mol. The van der Waals surface area contributed by atoms with Crippen molar-refractivity contribution in [2.24, 2.45) is 0 Å². The summed E-state index contributed by atoms with van der Waals surface area (Å²) in [5.74, 6) is 0. The molecule has 0 unspecified atom stereocenters. The molecule has 1 aromatic rings. The average Bonchev–Trinajstić information content (AvgIpc) is 2.08. The van der Waals surface area contributed by atoms with E-state index in [0.29, 0.717) is 0 Å². The van der Waals surface area contributed by atoms with Crippen LogP contribution in [-0.2, 0) is 6.54 Å². The first-order valence-corrected chi connectivity index (χ1v) is 4.56. The molecule has 0 radical (unpaired) electrons. The molecule has 0 aliphatic carbocycles. The van der Waals surface area contributed by atoms with Crippen LogP contribution in [-0.4, -0.2) is 21.1 Å². The van der Waals surface area contributed by atoms with Gasteiger partial charge in [0.1, 0.15) is 0 Å². The molecule has 2 nitrogen and oxygen atoms in total. The summed E-state index contributed by atoms with van der Waals surface area (Å²) in [7, 11) is 6.10. The summed E-state index contributed by atoms with van der Waals surface area (Å²) in [6, 6.07) is 6.55. The first-order chi connectivity index (χ1) is 6.15. The highest BCUT2D eigenvalue weighted by Crippen LogP contribution is 2.16. The van der Waals surface area contributed by atoms with Crippen LogP contribution >= 0.6 is 0 Å². The molecule has 0 amide bonds. The van der Waals surface area contributed by atoms with Crippen LogP contribution in [0.3, 0.4) is 0 Å². The van der Waals surface area contributed by atoms with Crippen molar-refractivity contribution in [2.45, 2.75) is 13.5 Å². The van der Waals surface area contributed by atoms with Gasteiger partial charge in [0.2, 0.25) is 0 Å². The molecule has 13 heavy (non-hydrogen) atoms. The predicted octanol–water partition coefficient (Wildman–Crippen LogP) is 1.78. The van der Waals surface area contributed by atoms with Crippen LogP contribution in [0.2, 0.25) is 0 Å². The SMILES string of the molecule is CNCc1ccc(N(C)C)cc1C. The van der Waals surface area contributed by atoms with E-state index in [1.54, 1.807) is 0 Å². The highest BCUT2D eigenvalue weighted by molar-refractivity contribution is 5.49. The Bertz CT molecular complexity index is 279. The molecule has 0 fully saturated rings. The molecule has 0 saturated carbocycles. The van der Waals surface area contributed by atoms with Gasteiger partial charge in [0.05, 0.1) is 0 Å². The lowest BCUT2D eigenvalue weighted by atomic mass is 10.1. The number of hydrogen-bond acceptors (Lipinski definition) is 2. The summed E-state index contributed by atoms with van der Waals surface area (Å²) in [4.78, 5) is 2.12. The van der Waals surface area contributed by atoms with Gasteiger partial charge < -0.3 is 10.2 Å². The van der Waals surface area contributed by atoms with Crippen molar-refractivity contribution < 1.29 is 0 Å². The van der Waals surface area contributed by atoms with Gasteiger partial charge in [0.15, 0.2) is 0 Å². The van der Waals surface area contributed by atoms with Gasteiger partial charge in [-0.1, -0.05) is 6.07 Å². The molecule has 0 bridgehead atoms. The second kappa shape index (κ2) is 4.28. The molecule has 72 valence electrons. The molecule has 0 saturated heterocycles. The van der Waals surface area contributed by atoms with Crippen molar-refractivity contribution in [3.05, 3.63) is 29.3 Å². The molecule has 0 atom stereocenters. The largest absolute Gasteiger partial charge is 0.378 e. The van der Waals surface area contributed by atoms with Crippen LogP contribution in [0.4, 0.5) is 5.69 Å². The van der Waals surface area contributed by atoms with E-state index >= 15 is 0 Å². The third kappa shape index (κ3) is 2.46. The van der Waals surface area contributed by atoms with Gasteiger partial charge >= 0.3 is 0 Å². The zero-order valence-corrected chi connectivity index (χ0v) is 8.89. The fourth-order valence-corrected chi connectivity index (χ4v) is 1.35. The van der Waals surface area contributed by atoms with E-state index in [1.165, 1.54) is 16.8 Å². The maximum atomic E-state index is 3.16. The number of nitrogens with one attached hydrogen (secondary N) is 1. The number of anilines is 1. The summed E-state index contributed by atoms with van der Waals surface area (Å²) in [6.07, 6.45) is 0. The minimum Gasteiger partial charge on any atom is -0.378 e. The summed E-state index contributed by atoms with van der Waals surface area (Å²) >= 11 is 0. The van der Waals surface area contributed by atoms with Crippen LogP contribution in [0.1, 0.15) is 11.1 Å². The maximum absolute atomic E-state index is 3.16. The Hall–Kier alpha value is -1.02. The van der Waals surface area contributed by atoms with Crippen LogP contribution in [0.5, 0.6) is 0 Å². The lowest BCUT2D eigenvalue weighted by Crippen LogP contribution is -2.10. The van der Waals surface area contributed by atoms with Gasteiger partial charge in [-0.05, 0) is 37.2 Å². The quantitative estimate of drug-likeness (QED) is 0.759. The van der Waals surface area contributed by atoms with Crippen molar-refractivity contribution in [3.8, 4) is 0 Å². The number of rotatable bonds is 3. The number of hydrogen-bond donors (Lipinski definition) is 1. The topological polar surface area (TPSA) is 15.3 Å². The molecule has 1 rings (SSSR count). The summed E-state index contributed by atoms with van der Waals surface area (Å²) in [5, 5.41) is 3.16. The van der Waals surface area contributed by atoms with E-state index in [0.717, 1.165) is 6.54 Å². The molecule has 0 heterocycles. The number of aryl methyl sites for hydroxylation is 1. The van der Waals surface area contributed by atoms with Gasteiger partial charge in [-0.3, -0.25) is 0 Å². The van der Waals surface area contributed by atoms with E-state index in [2.05, 4.69) is 49.4 Å². The van der Waals surface area contributed by atoms with Gasteiger partial charge in [0, 0.05) is 26.3 Å². The van der Waals surface area contributed by atoms with Crippen molar-refractivity contribution in [3.63, 3.8) is 0 Å². The first kappa shape index (κ1) is 10.1. The number of nitrogens with zero attached hydrogens (tertiary/aromatic N) is 1. The fraction of sp³-hybridized carbons (Fsp3) is 0.455. The summed E-state index contributed by atoms with van der Waals surface area (Å²) < 4.78 is 0. The Labute approximate surface area is 80.6 Å². The molecular weight excluding hydrogens is 160 g/mol. The highest BCUT2D eigenvalue weighted by atomic mass is 15.1. The monoisotopic (exact) mass is 178 g/mol. The average molecular weight is 178 g/mol. The van der Waals surface area contributed by atoms with Crippen LogP contribution in [0.15, 0.2) is 18.2 Å². The standard InChI is InChI=1S/C11H18N2/c1-9-7-11(13(3)4)6-5-10(9)8-12-2/h5-7,12H,8H2,1-4H3. The van der Waals surface area contributed by atoms with Crippen LogP contribution in [0, 0.1) is 6.92 Å². The second-order valence-corrected chi connectivity index (χ2v) is 3.54. The van der Waals surface area contributed by atoms with E-state index in [9.17, 15) is 0 Å². The summed E-state index contributed by atoms with van der Waals surface area (Å²) in [5.41, 5.74) is 3.98. The van der Waals surface area contributed by atoms with E-state index in [1.807, 2.05) is 7.05 Å². The first-order valence-electron chi connectivity index (χ1n) is 4.56. The molecule has 0 spiro atoms. The highest BCUT2D eigenvalue weighted by Gasteiger charge is 1.99. The Balaban J connectivity index is 2.92. The fourth-order valence-electron chi connectivity index (χ4n) is 1.35. The Kier molecular flexibility index (Phi) is 3.32. The molecule has 0 aliphatic rings.